The Bertz CT molecular complexity index is 2160. The number of nitrogens with one attached hydrogen (secondary N) is 2. The van der Waals surface area contributed by atoms with Gasteiger partial charge in [-0.2, -0.15) is 0 Å². The third-order valence-corrected chi connectivity index (χ3v) is 13.8. The van der Waals surface area contributed by atoms with Crippen molar-refractivity contribution in [2.24, 2.45) is 28.7 Å². The Morgan fingerprint density at radius 3 is 2.07 bits per heavy atom. The molecule has 4 amide bonds. The second-order valence-electron chi connectivity index (χ2n) is 19.8. The summed E-state index contributed by atoms with van der Waals surface area (Å²) in [5.74, 6) is -1.91. The summed E-state index contributed by atoms with van der Waals surface area (Å²) in [5.41, 5.74) is 17.2. The summed E-state index contributed by atoms with van der Waals surface area (Å²) in [7, 11) is 0. The third-order valence-electron chi connectivity index (χ3n) is 12.8. The summed E-state index contributed by atoms with van der Waals surface area (Å²) in [5, 5.41) is 16.4. The van der Waals surface area contributed by atoms with E-state index in [0.29, 0.717) is 96.8 Å². The fraction of sp³-hybridized carbons (Fsp3) is 0.642. The number of rotatable bonds is 35. The Morgan fingerprint density at radius 1 is 0.877 bits per heavy atom. The summed E-state index contributed by atoms with van der Waals surface area (Å²) < 4.78 is 53.6. The molecule has 1 saturated carbocycles. The lowest BCUT2D eigenvalue weighted by Gasteiger charge is -2.35. The number of ether oxygens (including phenoxy) is 7. The molecule has 18 nitrogen and oxygen atoms in total. The van der Waals surface area contributed by atoms with E-state index in [4.69, 9.17) is 44.6 Å². The summed E-state index contributed by atoms with van der Waals surface area (Å²) in [6, 6.07) is 11.8. The van der Waals surface area contributed by atoms with Crippen molar-refractivity contribution >= 4 is 35.0 Å². The molecule has 7 N–H and O–H groups in total. The van der Waals surface area contributed by atoms with Crippen molar-refractivity contribution in [3.63, 3.8) is 0 Å². The van der Waals surface area contributed by atoms with Gasteiger partial charge in [-0.05, 0) is 73.6 Å². The van der Waals surface area contributed by atoms with Crippen molar-refractivity contribution in [1.82, 2.24) is 20.5 Å². The van der Waals surface area contributed by atoms with Crippen LogP contribution in [-0.2, 0) is 67.2 Å². The van der Waals surface area contributed by atoms with Gasteiger partial charge in [0.05, 0.1) is 101 Å². The fourth-order valence-electron chi connectivity index (χ4n) is 8.23. The minimum atomic E-state index is -0.973. The van der Waals surface area contributed by atoms with Crippen LogP contribution < -0.4 is 26.8 Å². The van der Waals surface area contributed by atoms with E-state index in [9.17, 15) is 28.7 Å². The Balaban J connectivity index is 0.916. The lowest BCUT2D eigenvalue weighted by atomic mass is 9.85. The molecule has 0 radical (unpaired) electrons. The highest BCUT2D eigenvalue weighted by molar-refractivity contribution is 7.13. The predicted octanol–water partition coefficient (Wildman–Crippen LogP) is 4.43. The zero-order chi connectivity index (χ0) is 52.8. The second kappa shape index (κ2) is 30.7. The first-order chi connectivity index (χ1) is 35.0. The van der Waals surface area contributed by atoms with Crippen LogP contribution in [0.4, 0.5) is 4.39 Å². The van der Waals surface area contributed by atoms with E-state index >= 15 is 0 Å². The van der Waals surface area contributed by atoms with E-state index in [1.165, 1.54) is 21.8 Å². The molecule has 5 rings (SSSR count). The van der Waals surface area contributed by atoms with Crippen molar-refractivity contribution in [2.75, 3.05) is 85.9 Å². The molecule has 2 aliphatic rings. The van der Waals surface area contributed by atoms with Gasteiger partial charge in [0.1, 0.15) is 24.4 Å². The average Bonchev–Trinajstić information content (AvgIpc) is 3.88. The number of aliphatic hydroxyl groups excluding tert-OH is 1. The van der Waals surface area contributed by atoms with Crippen molar-refractivity contribution in [2.45, 2.75) is 117 Å². The van der Waals surface area contributed by atoms with E-state index in [0.717, 1.165) is 34.5 Å². The van der Waals surface area contributed by atoms with Crippen molar-refractivity contribution in [1.29, 1.82) is 0 Å². The SMILES string of the molecule is Cc1ncsc1-c1ccc(CNC(=O)[C@@H]2C[C@@H](O)CN2C(=O)[C@@H](NC(=O)C2CC2CF)C(C)(C)C)c(OCCOCCOCCOCCOCCOCCCc2ccc(CO[C@H](C)[C@@H](N)CCC(N)=O)cc2)c1. The number of hydrogen-bond donors (Lipinski definition) is 5. The number of primary amides is 1. The molecule has 2 fully saturated rings. The van der Waals surface area contributed by atoms with E-state index in [1.54, 1.807) is 5.51 Å². The van der Waals surface area contributed by atoms with Gasteiger partial charge >= 0.3 is 0 Å². The zero-order valence-electron chi connectivity index (χ0n) is 43.3. The number of hydrogen-bond acceptors (Lipinski definition) is 15. The van der Waals surface area contributed by atoms with Crippen LogP contribution in [0.1, 0.15) is 82.2 Å². The number of nitrogens with two attached hydrogens (primary N) is 2. The largest absolute Gasteiger partial charge is 0.491 e. The standard InChI is InChI=1S/C53H79FN6O12S/c1-35-48(73-34-58-35)39-12-13-40(31-57-51(64)45-29-42(61)32-60(45)52(65)49(53(3,4)5)59-50(63)43-27-41(43)30-54)46(28-39)71-26-25-70-24-23-69-22-21-68-20-19-67-18-17-66-16-6-7-37-8-10-38(11-9-37)33-72-36(2)44(55)14-15-47(56)62/h8-13,28,34,36,41-45,49,61H,6-7,14-27,29-33,55H2,1-5H3,(H2,56,62)(H,57,64)(H,59,63)/t36-,41?,42-,43?,44+,45+,49-/m1/s1. The van der Waals surface area contributed by atoms with E-state index < -0.39 is 48.0 Å². The van der Waals surface area contributed by atoms with Crippen LogP contribution in [0.15, 0.2) is 48.0 Å². The highest BCUT2D eigenvalue weighted by Gasteiger charge is 2.48. The van der Waals surface area contributed by atoms with Crippen molar-refractivity contribution < 1.29 is 61.8 Å². The molecule has 1 aliphatic heterocycles. The first-order valence-corrected chi connectivity index (χ1v) is 26.3. The highest BCUT2D eigenvalue weighted by Crippen LogP contribution is 2.39. The van der Waals surface area contributed by atoms with Crippen molar-refractivity contribution in [3.8, 4) is 16.2 Å². The minimum Gasteiger partial charge on any atom is -0.491 e. The van der Waals surface area contributed by atoms with Gasteiger partial charge in [0.2, 0.25) is 23.6 Å². The van der Waals surface area contributed by atoms with Gasteiger partial charge in [-0.15, -0.1) is 11.3 Å². The number of carbonyl (C=O) groups excluding carboxylic acids is 4. The first-order valence-electron chi connectivity index (χ1n) is 25.5. The lowest BCUT2D eigenvalue weighted by molar-refractivity contribution is -0.144. The molecule has 0 bridgehead atoms. The minimum absolute atomic E-state index is 0.0440. The first kappa shape index (κ1) is 59.2. The number of halogens is 1. The Kier molecular flexibility index (Phi) is 24.9. The van der Waals surface area contributed by atoms with Gasteiger partial charge in [-0.1, -0.05) is 57.2 Å². The zero-order valence-corrected chi connectivity index (χ0v) is 44.1. The molecule has 3 aromatic rings. The topological polar surface area (TPSA) is 245 Å². The molecule has 73 heavy (non-hydrogen) atoms. The lowest BCUT2D eigenvalue weighted by Crippen LogP contribution is -2.58. The second-order valence-corrected chi connectivity index (χ2v) is 20.6. The van der Waals surface area contributed by atoms with E-state index in [1.807, 2.05) is 52.8 Å². The molecular formula is C53H79FN6O12S. The molecule has 2 heterocycles. The molecular weight excluding hydrogens is 964 g/mol. The van der Waals surface area contributed by atoms with Crippen LogP contribution in [0.2, 0.25) is 0 Å². The number of benzene rings is 2. The van der Waals surface area contributed by atoms with E-state index in [2.05, 4.69) is 39.9 Å². The van der Waals surface area contributed by atoms with Gasteiger partial charge in [0.15, 0.2) is 0 Å². The predicted molar refractivity (Wildman–Crippen MR) is 274 cm³/mol. The Hall–Kier alpha value is -4.64. The summed E-state index contributed by atoms with van der Waals surface area (Å²) in [6.07, 6.45) is 1.94. The van der Waals surface area contributed by atoms with Crippen LogP contribution in [-0.4, -0.2) is 155 Å². The molecule has 2 unspecified atom stereocenters. The number of aliphatic hydroxyl groups is 1. The molecule has 7 atom stereocenters. The number of likely N-dealkylation sites (tertiary alicyclic amines) is 1. The third kappa shape index (κ3) is 20.2. The quantitative estimate of drug-likeness (QED) is 0.0513. The molecule has 406 valence electrons. The van der Waals surface area contributed by atoms with Gasteiger partial charge in [0, 0.05) is 50.1 Å². The normalized spacial score (nSPS) is 18.8. The summed E-state index contributed by atoms with van der Waals surface area (Å²) in [6.45, 7) is 13.8. The summed E-state index contributed by atoms with van der Waals surface area (Å²) in [4.78, 5) is 58.4. The fourth-order valence-corrected chi connectivity index (χ4v) is 9.03. The monoisotopic (exact) mass is 1040 g/mol. The van der Waals surface area contributed by atoms with Crippen molar-refractivity contribution in [3.05, 3.63) is 70.4 Å². The number of amides is 4. The molecule has 0 spiro atoms. The maximum absolute atomic E-state index is 14.0. The van der Waals surface area contributed by atoms with E-state index in [-0.39, 0.29) is 62.4 Å². The summed E-state index contributed by atoms with van der Waals surface area (Å²) >= 11 is 1.51. The van der Waals surface area contributed by atoms with Gasteiger partial charge < -0.3 is 65.3 Å². The number of β-amino-alcohol motifs (C(OH)–C–C–N with tert-alkyl or cyclic N) is 1. The Morgan fingerprint density at radius 2 is 1.49 bits per heavy atom. The average molecular weight is 1040 g/mol. The molecule has 1 aromatic heterocycles. The smallest absolute Gasteiger partial charge is 0.246 e. The number of alkyl halides is 1. The molecule has 1 saturated heterocycles. The van der Waals surface area contributed by atoms with Gasteiger partial charge in [-0.25, -0.2) is 4.98 Å². The molecule has 2 aromatic carbocycles. The number of aryl methyl sites for hydroxylation is 2. The Labute approximate surface area is 433 Å². The van der Waals surface area contributed by atoms with Crippen LogP contribution in [0.5, 0.6) is 5.75 Å². The van der Waals surface area contributed by atoms with Gasteiger partial charge in [0.25, 0.3) is 0 Å². The number of carbonyl (C=O) groups is 4. The number of aromatic nitrogens is 1. The van der Waals surface area contributed by atoms with Gasteiger partial charge in [-0.3, -0.25) is 23.6 Å². The highest BCUT2D eigenvalue weighted by atomic mass is 32.1. The maximum atomic E-state index is 14.0. The molecule has 20 heteroatoms. The van der Waals surface area contributed by atoms with Crippen LogP contribution in [0.25, 0.3) is 10.4 Å². The maximum Gasteiger partial charge on any atom is 0.246 e. The molecule has 1 aliphatic carbocycles. The number of nitrogens with zero attached hydrogens (tertiary/aromatic N) is 2. The van der Waals surface area contributed by atoms with Crippen LogP contribution >= 0.6 is 11.3 Å². The van der Waals surface area contributed by atoms with Crippen LogP contribution in [0, 0.1) is 24.2 Å². The van der Waals surface area contributed by atoms with Crippen LogP contribution in [0.3, 0.4) is 0 Å². The number of thiazole rings is 1.